The van der Waals surface area contributed by atoms with Crippen molar-refractivity contribution < 1.29 is 23.9 Å². The summed E-state index contributed by atoms with van der Waals surface area (Å²) in [7, 11) is 0. The molecule has 1 amide bonds. The van der Waals surface area contributed by atoms with Gasteiger partial charge in [-0.25, -0.2) is 9.59 Å². The lowest BCUT2D eigenvalue weighted by molar-refractivity contribution is 0.103. The lowest BCUT2D eigenvalue weighted by atomic mass is 10.0. The summed E-state index contributed by atoms with van der Waals surface area (Å²) in [5.74, 6) is 0.365. The van der Waals surface area contributed by atoms with Crippen LogP contribution in [0.4, 0.5) is 9.59 Å². The van der Waals surface area contributed by atoms with Gasteiger partial charge in [-0.1, -0.05) is 65.7 Å². The summed E-state index contributed by atoms with van der Waals surface area (Å²) >= 11 is 13.5. The number of ether oxygens (including phenoxy) is 2. The van der Waals surface area contributed by atoms with Crippen molar-refractivity contribution in [1.82, 2.24) is 20.1 Å². The van der Waals surface area contributed by atoms with Gasteiger partial charge < -0.3 is 14.8 Å². The van der Waals surface area contributed by atoms with Gasteiger partial charge in [0.25, 0.3) is 0 Å². The topological polar surface area (TPSA) is 112 Å². The Morgan fingerprint density at radius 2 is 1.62 bits per heavy atom. The fourth-order valence-electron chi connectivity index (χ4n) is 3.72. The third kappa shape index (κ3) is 7.41. The molecule has 0 saturated carbocycles. The Morgan fingerprint density at radius 3 is 2.38 bits per heavy atom. The van der Waals surface area contributed by atoms with Gasteiger partial charge in [-0.05, 0) is 54.6 Å². The number of amides is 1. The molecule has 40 heavy (non-hydrogen) atoms. The maximum atomic E-state index is 13.6. The number of hydrogen-bond donors (Lipinski definition) is 1. The maximum absolute atomic E-state index is 13.6. The third-order valence-electron chi connectivity index (χ3n) is 5.54. The largest absolute Gasteiger partial charge is 0.458 e. The molecule has 1 aromatic heterocycles. The molecule has 9 nitrogen and oxygen atoms in total. The first-order chi connectivity index (χ1) is 19.4. The van der Waals surface area contributed by atoms with E-state index in [1.54, 1.807) is 47.9 Å². The molecule has 3 aromatic carbocycles. The van der Waals surface area contributed by atoms with E-state index < -0.39 is 11.4 Å². The number of aromatic nitrogens is 3. The molecule has 12 heteroatoms. The van der Waals surface area contributed by atoms with E-state index in [0.29, 0.717) is 22.4 Å². The van der Waals surface area contributed by atoms with Crippen LogP contribution in [0.1, 0.15) is 40.1 Å². The Morgan fingerprint density at radius 1 is 0.900 bits per heavy atom. The molecule has 0 aliphatic carbocycles. The molecule has 1 heterocycles. The van der Waals surface area contributed by atoms with Crippen molar-refractivity contribution in [3.8, 4) is 5.69 Å². The van der Waals surface area contributed by atoms with Crippen molar-refractivity contribution >= 4 is 52.1 Å². The van der Waals surface area contributed by atoms with E-state index >= 15 is 0 Å². The number of carbonyl (C=O) groups excluding carboxylic acids is 3. The smallest absolute Gasteiger partial charge is 0.407 e. The Balaban J connectivity index is 1.65. The van der Waals surface area contributed by atoms with Crippen LogP contribution in [0.25, 0.3) is 5.69 Å². The first kappa shape index (κ1) is 29.1. The van der Waals surface area contributed by atoms with Crippen LogP contribution in [0.15, 0.2) is 72.8 Å². The number of alkyl carbamates (subject to hydrolysis) is 1. The molecule has 4 rings (SSSR count). The Kier molecular flexibility index (Phi) is 10.2. The molecule has 0 atom stereocenters. The van der Waals surface area contributed by atoms with Crippen LogP contribution >= 0.6 is 35.0 Å². The molecule has 4 aromatic rings. The molecule has 0 aliphatic rings. The second-order valence-electron chi connectivity index (χ2n) is 8.23. The molecule has 0 spiro atoms. The predicted octanol–water partition coefficient (Wildman–Crippen LogP) is 6.62. The molecule has 0 radical (unpaired) electrons. The van der Waals surface area contributed by atoms with Gasteiger partial charge in [-0.2, -0.15) is 0 Å². The van der Waals surface area contributed by atoms with E-state index in [9.17, 15) is 14.4 Å². The molecular formula is C28H24Cl2N4O5S. The molecule has 1 N–H and O–H groups in total. The number of ketones is 1. The molecule has 206 valence electrons. The minimum atomic E-state index is -0.663. The SMILES string of the molecule is CCOC(=O)SCc1nnc(CNC(=O)OCc2ccccc2)n1-c1ccc(Cl)cc1C(=O)c1ccccc1Cl. The standard InChI is InChI=1S/C28H24Cl2N4O5S/c1-2-38-28(37)40-17-25-33-32-24(15-31-27(36)39-16-18-8-4-3-5-9-18)34(25)23-13-12-19(29)14-21(23)26(35)20-10-6-7-11-22(20)30/h3-14H,2,15-17H2,1H3,(H,31,36). The van der Waals surface area contributed by atoms with Crippen LogP contribution in [0.3, 0.4) is 0 Å². The van der Waals surface area contributed by atoms with Crippen LogP contribution in [-0.2, 0) is 28.4 Å². The Labute approximate surface area is 244 Å². The fraction of sp³-hybridized carbons (Fsp3) is 0.179. The summed E-state index contributed by atoms with van der Waals surface area (Å²) in [6, 6.07) is 20.7. The van der Waals surface area contributed by atoms with Crippen molar-refractivity contribution in [2.24, 2.45) is 0 Å². The van der Waals surface area contributed by atoms with Gasteiger partial charge in [-0.3, -0.25) is 9.36 Å². The monoisotopic (exact) mass is 598 g/mol. The number of nitrogens with one attached hydrogen (secondary N) is 1. The van der Waals surface area contributed by atoms with E-state index in [1.807, 2.05) is 30.3 Å². The van der Waals surface area contributed by atoms with Crippen molar-refractivity contribution in [2.75, 3.05) is 6.61 Å². The summed E-state index contributed by atoms with van der Waals surface area (Å²) < 4.78 is 11.9. The van der Waals surface area contributed by atoms with E-state index in [4.69, 9.17) is 32.7 Å². The fourth-order valence-corrected chi connectivity index (χ4v) is 4.75. The number of rotatable bonds is 10. The molecule has 0 fully saturated rings. The van der Waals surface area contributed by atoms with E-state index in [-0.39, 0.29) is 47.4 Å². The van der Waals surface area contributed by atoms with Crippen molar-refractivity contribution in [2.45, 2.75) is 25.8 Å². The zero-order chi connectivity index (χ0) is 28.5. The molecule has 0 aliphatic heterocycles. The second kappa shape index (κ2) is 14.0. The van der Waals surface area contributed by atoms with Crippen LogP contribution in [-0.4, -0.2) is 38.5 Å². The summed E-state index contributed by atoms with van der Waals surface area (Å²) in [6.07, 6.45) is -0.663. The second-order valence-corrected chi connectivity index (χ2v) is 9.98. The van der Waals surface area contributed by atoms with Gasteiger partial charge in [0.2, 0.25) is 0 Å². The summed E-state index contributed by atoms with van der Waals surface area (Å²) in [5.41, 5.74) is 1.75. The third-order valence-corrected chi connectivity index (χ3v) is 6.87. The maximum Gasteiger partial charge on any atom is 0.407 e. The molecule has 0 saturated heterocycles. The van der Waals surface area contributed by atoms with Gasteiger partial charge in [-0.15, -0.1) is 10.2 Å². The van der Waals surface area contributed by atoms with Gasteiger partial charge in [0.15, 0.2) is 11.6 Å². The summed E-state index contributed by atoms with van der Waals surface area (Å²) in [4.78, 5) is 38.1. The average Bonchev–Trinajstić information content (AvgIpc) is 3.37. The minimum Gasteiger partial charge on any atom is -0.458 e. The number of carbonyl (C=O) groups is 3. The summed E-state index contributed by atoms with van der Waals surface area (Å²) in [6.45, 7) is 1.95. The molecule has 0 bridgehead atoms. The first-order valence-electron chi connectivity index (χ1n) is 12.1. The summed E-state index contributed by atoms with van der Waals surface area (Å²) in [5, 5.41) is 11.3. The predicted molar refractivity (Wildman–Crippen MR) is 153 cm³/mol. The number of benzene rings is 3. The molecular weight excluding hydrogens is 575 g/mol. The lowest BCUT2D eigenvalue weighted by Gasteiger charge is -2.16. The minimum absolute atomic E-state index is 0.0763. The van der Waals surface area contributed by atoms with Gasteiger partial charge in [0.1, 0.15) is 12.4 Å². The highest BCUT2D eigenvalue weighted by molar-refractivity contribution is 8.12. The van der Waals surface area contributed by atoms with Crippen molar-refractivity contribution in [1.29, 1.82) is 0 Å². The molecule has 0 unspecified atom stereocenters. The van der Waals surface area contributed by atoms with Crippen molar-refractivity contribution in [3.05, 3.63) is 111 Å². The van der Waals surface area contributed by atoms with Crippen LogP contribution in [0.2, 0.25) is 10.0 Å². The highest BCUT2D eigenvalue weighted by Crippen LogP contribution is 2.28. The van der Waals surface area contributed by atoms with Crippen LogP contribution in [0, 0.1) is 0 Å². The number of hydrogen-bond acceptors (Lipinski definition) is 8. The number of nitrogens with zero attached hydrogens (tertiary/aromatic N) is 3. The normalized spacial score (nSPS) is 10.7. The van der Waals surface area contributed by atoms with Crippen molar-refractivity contribution in [3.63, 3.8) is 0 Å². The zero-order valence-electron chi connectivity index (χ0n) is 21.3. The quantitative estimate of drug-likeness (QED) is 0.160. The zero-order valence-corrected chi connectivity index (χ0v) is 23.6. The first-order valence-corrected chi connectivity index (χ1v) is 13.9. The lowest BCUT2D eigenvalue weighted by Crippen LogP contribution is -2.25. The van der Waals surface area contributed by atoms with E-state index in [1.165, 1.54) is 6.07 Å². The average molecular weight is 599 g/mol. The van der Waals surface area contributed by atoms with Gasteiger partial charge >= 0.3 is 11.4 Å². The number of thioether (sulfide) groups is 1. The van der Waals surface area contributed by atoms with Gasteiger partial charge in [0, 0.05) is 16.1 Å². The van der Waals surface area contributed by atoms with E-state index in [2.05, 4.69) is 15.5 Å². The number of halogens is 2. The highest BCUT2D eigenvalue weighted by Gasteiger charge is 2.23. The van der Waals surface area contributed by atoms with Crippen LogP contribution < -0.4 is 5.32 Å². The Bertz CT molecular complexity index is 1510. The van der Waals surface area contributed by atoms with Gasteiger partial charge in [0.05, 0.1) is 29.6 Å². The van der Waals surface area contributed by atoms with Crippen LogP contribution in [0.5, 0.6) is 0 Å². The van der Waals surface area contributed by atoms with E-state index in [0.717, 1.165) is 17.3 Å². The highest BCUT2D eigenvalue weighted by atomic mass is 35.5. The Hall–Kier alpha value is -3.86.